The lowest BCUT2D eigenvalue weighted by Gasteiger charge is -2.27. The molecule has 146 valence electrons. The van der Waals surface area contributed by atoms with Crippen LogP contribution in [0.4, 0.5) is 11.6 Å². The molecule has 1 aliphatic rings. The maximum Gasteiger partial charge on any atom is 0.232 e. The minimum absolute atomic E-state index is 0.204. The third-order valence-corrected chi connectivity index (χ3v) is 8.55. The molecule has 6 nitrogen and oxygen atoms in total. The standard InChI is InChI=1S/C21H19N5OS2/c22-18-17-15(12-5-2-1-3-6-12)9-16(13-10-24-21(23)25-11-13)26-19(17)28-20(18)29(27)14-7-4-8-14/h1-3,5-6,9-11,14H,4,7-8,22H2,(H2,23,24,25). The Morgan fingerprint density at radius 3 is 2.41 bits per heavy atom. The average molecular weight is 422 g/mol. The van der Waals surface area contributed by atoms with Crippen LogP contribution in [0.2, 0.25) is 0 Å². The number of nitrogen functional groups attached to an aromatic ring is 2. The number of thiophene rings is 1. The minimum atomic E-state index is -1.09. The molecule has 1 saturated carbocycles. The van der Waals surface area contributed by atoms with Crippen LogP contribution < -0.4 is 11.5 Å². The molecule has 1 fully saturated rings. The van der Waals surface area contributed by atoms with Crippen molar-refractivity contribution >= 4 is 44.4 Å². The van der Waals surface area contributed by atoms with E-state index in [2.05, 4.69) is 9.97 Å². The van der Waals surface area contributed by atoms with Crippen molar-refractivity contribution in [2.75, 3.05) is 11.5 Å². The second-order valence-electron chi connectivity index (χ2n) is 7.08. The zero-order chi connectivity index (χ0) is 20.0. The van der Waals surface area contributed by atoms with Gasteiger partial charge in [-0.2, -0.15) is 0 Å². The number of anilines is 2. The molecule has 1 aromatic carbocycles. The molecule has 0 radical (unpaired) electrons. The lowest BCUT2D eigenvalue weighted by Crippen LogP contribution is -2.28. The maximum absolute atomic E-state index is 13.0. The van der Waals surface area contributed by atoms with E-state index in [0.717, 1.165) is 56.1 Å². The predicted octanol–water partition coefficient (Wildman–Crippen LogP) is 4.24. The molecule has 0 aliphatic heterocycles. The number of pyridine rings is 1. The molecular formula is C21H19N5OS2. The van der Waals surface area contributed by atoms with Crippen LogP contribution in [-0.2, 0) is 11.2 Å². The van der Waals surface area contributed by atoms with Crippen LogP contribution in [0.25, 0.3) is 32.6 Å². The van der Waals surface area contributed by atoms with E-state index in [1.165, 1.54) is 11.3 Å². The highest BCUT2D eigenvalue weighted by Gasteiger charge is 2.35. The van der Waals surface area contributed by atoms with Gasteiger partial charge in [0, 0.05) is 34.5 Å². The van der Waals surface area contributed by atoms with Gasteiger partial charge >= 0.3 is 0 Å². The van der Waals surface area contributed by atoms with E-state index in [9.17, 15) is 4.55 Å². The summed E-state index contributed by atoms with van der Waals surface area (Å²) in [6, 6.07) is 12.0. The van der Waals surface area contributed by atoms with Gasteiger partial charge < -0.3 is 16.0 Å². The zero-order valence-corrected chi connectivity index (χ0v) is 17.2. The summed E-state index contributed by atoms with van der Waals surface area (Å²) in [4.78, 5) is 13.8. The second-order valence-corrected chi connectivity index (χ2v) is 10.0. The van der Waals surface area contributed by atoms with E-state index in [0.29, 0.717) is 5.69 Å². The summed E-state index contributed by atoms with van der Waals surface area (Å²) in [5.74, 6) is 0.219. The molecule has 0 bridgehead atoms. The zero-order valence-electron chi connectivity index (χ0n) is 15.5. The normalized spacial score (nSPS) is 15.3. The first-order chi connectivity index (χ1) is 14.1. The monoisotopic (exact) mass is 421 g/mol. The fourth-order valence-electron chi connectivity index (χ4n) is 3.45. The molecule has 29 heavy (non-hydrogen) atoms. The van der Waals surface area contributed by atoms with Crippen molar-refractivity contribution in [3.05, 3.63) is 48.8 Å². The Kier molecular flexibility index (Phi) is 4.61. The largest absolute Gasteiger partial charge is 0.611 e. The first kappa shape index (κ1) is 18.4. The minimum Gasteiger partial charge on any atom is -0.611 e. The van der Waals surface area contributed by atoms with Crippen molar-refractivity contribution < 1.29 is 4.55 Å². The summed E-state index contributed by atoms with van der Waals surface area (Å²) < 4.78 is 13.8. The number of aromatic nitrogens is 3. The molecule has 3 heterocycles. The van der Waals surface area contributed by atoms with Crippen LogP contribution in [0, 0.1) is 0 Å². The lowest BCUT2D eigenvalue weighted by molar-refractivity contribution is 0.478. The molecule has 4 N–H and O–H groups in total. The fraction of sp³-hybridized carbons (Fsp3) is 0.190. The Hall–Kier alpha value is -2.68. The summed E-state index contributed by atoms with van der Waals surface area (Å²) >= 11 is 0.336. The molecule has 5 rings (SSSR count). The van der Waals surface area contributed by atoms with E-state index in [1.807, 2.05) is 36.4 Å². The topological polar surface area (TPSA) is 114 Å². The molecule has 1 atom stereocenters. The highest BCUT2D eigenvalue weighted by atomic mass is 32.2. The van der Waals surface area contributed by atoms with Gasteiger partial charge in [0.05, 0.1) is 5.69 Å². The summed E-state index contributed by atoms with van der Waals surface area (Å²) in [6.07, 6.45) is 6.45. The van der Waals surface area contributed by atoms with Gasteiger partial charge in [0.15, 0.2) is 0 Å². The van der Waals surface area contributed by atoms with Crippen LogP contribution >= 0.6 is 11.3 Å². The molecule has 1 aliphatic carbocycles. The number of benzene rings is 1. The predicted molar refractivity (Wildman–Crippen MR) is 119 cm³/mol. The number of nitrogens with two attached hydrogens (primary N) is 2. The van der Waals surface area contributed by atoms with Crippen LogP contribution in [0.1, 0.15) is 19.3 Å². The fourth-order valence-corrected chi connectivity index (χ4v) is 6.66. The van der Waals surface area contributed by atoms with E-state index in [1.54, 1.807) is 12.4 Å². The molecule has 8 heteroatoms. The SMILES string of the molecule is Nc1ncc(-c2cc(-c3ccccc3)c3c(N)c([S+]([O-])C4CCC4)sc3n2)cn1. The van der Waals surface area contributed by atoms with Crippen molar-refractivity contribution in [1.29, 1.82) is 0 Å². The molecule has 0 spiro atoms. The Bertz CT molecular complexity index is 1170. The van der Waals surface area contributed by atoms with E-state index < -0.39 is 11.2 Å². The summed E-state index contributed by atoms with van der Waals surface area (Å²) in [5, 5.41) is 1.07. The molecular weight excluding hydrogens is 402 g/mol. The van der Waals surface area contributed by atoms with Gasteiger partial charge in [0.25, 0.3) is 0 Å². The Labute approximate surface area is 175 Å². The van der Waals surface area contributed by atoms with Gasteiger partial charge in [-0.05, 0) is 36.5 Å². The van der Waals surface area contributed by atoms with Crippen LogP contribution in [0.5, 0.6) is 0 Å². The van der Waals surface area contributed by atoms with Crippen LogP contribution in [-0.4, -0.2) is 24.8 Å². The summed E-state index contributed by atoms with van der Waals surface area (Å²) in [5.41, 5.74) is 16.3. The van der Waals surface area contributed by atoms with Gasteiger partial charge in [-0.25, -0.2) is 15.0 Å². The Balaban J connectivity index is 1.73. The van der Waals surface area contributed by atoms with E-state index >= 15 is 0 Å². The number of hydrogen-bond donors (Lipinski definition) is 2. The number of hydrogen-bond acceptors (Lipinski definition) is 7. The smallest absolute Gasteiger partial charge is 0.232 e. The van der Waals surface area contributed by atoms with Gasteiger partial charge in [-0.1, -0.05) is 41.7 Å². The Morgan fingerprint density at radius 1 is 1.03 bits per heavy atom. The first-order valence-electron chi connectivity index (χ1n) is 9.38. The molecule has 3 aromatic heterocycles. The van der Waals surface area contributed by atoms with Crippen LogP contribution in [0.15, 0.2) is 53.0 Å². The Morgan fingerprint density at radius 2 is 1.76 bits per heavy atom. The van der Waals surface area contributed by atoms with Gasteiger partial charge in [0.1, 0.15) is 15.8 Å². The molecule has 0 amide bonds. The average Bonchev–Trinajstić information content (AvgIpc) is 3.04. The number of rotatable bonds is 4. The number of nitrogens with zero attached hydrogens (tertiary/aromatic N) is 3. The molecule has 4 aromatic rings. The lowest BCUT2D eigenvalue weighted by atomic mass is 10.00. The maximum atomic E-state index is 13.0. The van der Waals surface area contributed by atoms with Gasteiger partial charge in [-0.3, -0.25) is 0 Å². The van der Waals surface area contributed by atoms with Gasteiger partial charge in [-0.15, -0.1) is 0 Å². The third kappa shape index (κ3) is 3.23. The van der Waals surface area contributed by atoms with E-state index in [4.69, 9.17) is 16.5 Å². The quantitative estimate of drug-likeness (QED) is 0.476. The van der Waals surface area contributed by atoms with Crippen molar-refractivity contribution in [3.63, 3.8) is 0 Å². The summed E-state index contributed by atoms with van der Waals surface area (Å²) in [7, 11) is 0. The highest BCUT2D eigenvalue weighted by molar-refractivity contribution is 7.94. The van der Waals surface area contributed by atoms with Crippen molar-refractivity contribution in [3.8, 4) is 22.4 Å². The van der Waals surface area contributed by atoms with Crippen molar-refractivity contribution in [2.45, 2.75) is 28.7 Å². The highest BCUT2D eigenvalue weighted by Crippen LogP contribution is 2.45. The van der Waals surface area contributed by atoms with Crippen molar-refractivity contribution in [1.82, 2.24) is 15.0 Å². The third-order valence-electron chi connectivity index (χ3n) is 5.25. The van der Waals surface area contributed by atoms with Crippen LogP contribution in [0.3, 0.4) is 0 Å². The van der Waals surface area contributed by atoms with Crippen molar-refractivity contribution in [2.24, 2.45) is 0 Å². The number of fused-ring (bicyclic) bond motifs is 1. The molecule has 1 unspecified atom stereocenters. The first-order valence-corrected chi connectivity index (χ1v) is 11.4. The van der Waals surface area contributed by atoms with E-state index in [-0.39, 0.29) is 11.2 Å². The van der Waals surface area contributed by atoms with Gasteiger partial charge in [0.2, 0.25) is 10.2 Å². The summed E-state index contributed by atoms with van der Waals surface area (Å²) in [6.45, 7) is 0. The second kappa shape index (κ2) is 7.29. The molecule has 0 saturated heterocycles.